The molecule has 4 nitrogen and oxygen atoms in total. The van der Waals surface area contributed by atoms with Gasteiger partial charge in [0.05, 0.1) is 18.1 Å². The molecule has 0 bridgehead atoms. The fourth-order valence-corrected chi connectivity index (χ4v) is 2.06. The first-order valence-electron chi connectivity index (χ1n) is 5.10. The second-order valence-corrected chi connectivity index (χ2v) is 4.63. The van der Waals surface area contributed by atoms with E-state index in [-0.39, 0.29) is 12.0 Å². The molecule has 1 rings (SSSR count). The predicted octanol–water partition coefficient (Wildman–Crippen LogP) is 1.60. The molecule has 5 heteroatoms. The number of ether oxygens (including phenoxy) is 1. The molecule has 90 valence electrons. The number of carbonyl (C=O) groups excluding carboxylic acids is 1. The van der Waals surface area contributed by atoms with E-state index in [9.17, 15) is 4.79 Å². The molecule has 0 saturated carbocycles. The maximum atomic E-state index is 11.9. The van der Waals surface area contributed by atoms with Gasteiger partial charge in [-0.15, -0.1) is 11.3 Å². The van der Waals surface area contributed by atoms with Crippen LogP contribution in [-0.4, -0.2) is 42.7 Å². The maximum Gasteiger partial charge on any atom is 0.263 e. The Morgan fingerprint density at radius 2 is 2.38 bits per heavy atom. The number of methoxy groups -OCH3 is 1. The molecular weight excluding hydrogens is 226 g/mol. The fraction of sp³-hybridized carbons (Fsp3) is 0.545. The highest BCUT2D eigenvalue weighted by molar-refractivity contribution is 7.12. The molecule has 0 aromatic carbocycles. The summed E-state index contributed by atoms with van der Waals surface area (Å²) >= 11 is 1.37. The second kappa shape index (κ2) is 5.86. The SMILES string of the molecule is COc1csc(C(=O)N(C)CCC(C)O)c1. The lowest BCUT2D eigenvalue weighted by atomic mass is 10.2. The van der Waals surface area contributed by atoms with Crippen LogP contribution in [-0.2, 0) is 0 Å². The van der Waals surface area contributed by atoms with E-state index in [0.717, 1.165) is 0 Å². The zero-order valence-corrected chi connectivity index (χ0v) is 10.6. The Kier molecular flexibility index (Phi) is 4.76. The highest BCUT2D eigenvalue weighted by atomic mass is 32.1. The van der Waals surface area contributed by atoms with E-state index < -0.39 is 0 Å². The van der Waals surface area contributed by atoms with Gasteiger partial charge in [-0.1, -0.05) is 0 Å². The summed E-state index contributed by atoms with van der Waals surface area (Å²) in [5.41, 5.74) is 0. The molecule has 0 aliphatic heterocycles. The first kappa shape index (κ1) is 13.0. The summed E-state index contributed by atoms with van der Waals surface area (Å²) in [4.78, 5) is 14.2. The summed E-state index contributed by atoms with van der Waals surface area (Å²) in [6.45, 7) is 2.27. The Balaban J connectivity index is 2.56. The quantitative estimate of drug-likeness (QED) is 0.854. The van der Waals surface area contributed by atoms with Gasteiger partial charge >= 0.3 is 0 Å². The van der Waals surface area contributed by atoms with Crippen LogP contribution in [0, 0.1) is 0 Å². The number of hydrogen-bond acceptors (Lipinski definition) is 4. The Morgan fingerprint density at radius 1 is 1.69 bits per heavy atom. The molecule has 16 heavy (non-hydrogen) atoms. The molecule has 1 aromatic rings. The third-order valence-corrected chi connectivity index (χ3v) is 3.15. The number of aliphatic hydroxyl groups excluding tert-OH is 1. The van der Waals surface area contributed by atoms with E-state index in [0.29, 0.717) is 23.6 Å². The van der Waals surface area contributed by atoms with Gasteiger partial charge in [0, 0.05) is 25.0 Å². The van der Waals surface area contributed by atoms with Gasteiger partial charge in [0.15, 0.2) is 0 Å². The van der Waals surface area contributed by atoms with Crippen LogP contribution in [0.25, 0.3) is 0 Å². The van der Waals surface area contributed by atoms with E-state index >= 15 is 0 Å². The lowest BCUT2D eigenvalue weighted by Crippen LogP contribution is -2.28. The van der Waals surface area contributed by atoms with Gasteiger partial charge in [-0.05, 0) is 13.3 Å². The monoisotopic (exact) mass is 243 g/mol. The zero-order chi connectivity index (χ0) is 12.1. The summed E-state index contributed by atoms with van der Waals surface area (Å²) in [5, 5.41) is 10.9. The number of hydrogen-bond donors (Lipinski definition) is 1. The summed E-state index contributed by atoms with van der Waals surface area (Å²) in [5.74, 6) is 0.672. The molecule has 1 amide bonds. The van der Waals surface area contributed by atoms with Crippen LogP contribution in [0.15, 0.2) is 11.4 Å². The van der Waals surface area contributed by atoms with Gasteiger partial charge < -0.3 is 14.7 Å². The van der Waals surface area contributed by atoms with Crippen molar-refractivity contribution in [2.45, 2.75) is 19.4 Å². The van der Waals surface area contributed by atoms with E-state index in [1.54, 1.807) is 37.4 Å². The Hall–Kier alpha value is -1.07. The van der Waals surface area contributed by atoms with Crippen molar-refractivity contribution >= 4 is 17.2 Å². The highest BCUT2D eigenvalue weighted by Crippen LogP contribution is 2.22. The summed E-state index contributed by atoms with van der Waals surface area (Å²) in [7, 11) is 3.31. The number of nitrogens with zero attached hydrogens (tertiary/aromatic N) is 1. The van der Waals surface area contributed by atoms with Gasteiger partial charge in [0.1, 0.15) is 5.75 Å². The van der Waals surface area contributed by atoms with Gasteiger partial charge in [-0.2, -0.15) is 0 Å². The van der Waals surface area contributed by atoms with Gasteiger partial charge in [0.2, 0.25) is 0 Å². The molecule has 0 fully saturated rings. The Labute approximate surface area is 99.5 Å². The van der Waals surface area contributed by atoms with Gasteiger partial charge in [0.25, 0.3) is 5.91 Å². The average molecular weight is 243 g/mol. The first-order chi connectivity index (χ1) is 7.54. The number of amides is 1. The maximum absolute atomic E-state index is 11.9. The molecule has 1 unspecified atom stereocenters. The van der Waals surface area contributed by atoms with Crippen molar-refractivity contribution in [1.29, 1.82) is 0 Å². The fourth-order valence-electron chi connectivity index (χ4n) is 1.21. The molecule has 1 heterocycles. The van der Waals surface area contributed by atoms with Crippen molar-refractivity contribution in [2.24, 2.45) is 0 Å². The van der Waals surface area contributed by atoms with Crippen molar-refractivity contribution in [2.75, 3.05) is 20.7 Å². The number of carbonyl (C=O) groups is 1. The summed E-state index contributed by atoms with van der Waals surface area (Å²) in [6.07, 6.45) is 0.207. The van der Waals surface area contributed by atoms with Crippen molar-refractivity contribution in [1.82, 2.24) is 4.90 Å². The third kappa shape index (κ3) is 3.50. The summed E-state index contributed by atoms with van der Waals surface area (Å²) in [6, 6.07) is 1.73. The van der Waals surface area contributed by atoms with Crippen molar-refractivity contribution in [3.63, 3.8) is 0 Å². The van der Waals surface area contributed by atoms with Crippen LogP contribution in [0.5, 0.6) is 5.75 Å². The average Bonchev–Trinajstić information content (AvgIpc) is 2.73. The topological polar surface area (TPSA) is 49.8 Å². The summed E-state index contributed by atoms with van der Waals surface area (Å²) < 4.78 is 5.02. The minimum absolute atomic E-state index is 0.0334. The van der Waals surface area contributed by atoms with Crippen LogP contribution in [0.1, 0.15) is 23.0 Å². The number of rotatable bonds is 5. The van der Waals surface area contributed by atoms with Crippen LogP contribution in [0.4, 0.5) is 0 Å². The van der Waals surface area contributed by atoms with Gasteiger partial charge in [-0.3, -0.25) is 4.79 Å². The first-order valence-corrected chi connectivity index (χ1v) is 5.98. The molecule has 1 atom stereocenters. The lowest BCUT2D eigenvalue weighted by molar-refractivity contribution is 0.0773. The van der Waals surface area contributed by atoms with Crippen molar-refractivity contribution in [3.05, 3.63) is 16.3 Å². The Bertz CT molecular complexity index is 349. The lowest BCUT2D eigenvalue weighted by Gasteiger charge is -2.16. The van der Waals surface area contributed by atoms with Gasteiger partial charge in [-0.25, -0.2) is 0 Å². The molecule has 0 aliphatic rings. The van der Waals surface area contributed by atoms with Crippen LogP contribution < -0.4 is 4.74 Å². The minimum atomic E-state index is -0.381. The predicted molar refractivity (Wildman–Crippen MR) is 64.1 cm³/mol. The van der Waals surface area contributed by atoms with Crippen molar-refractivity contribution in [3.8, 4) is 5.75 Å². The van der Waals surface area contributed by atoms with Crippen LogP contribution in [0.2, 0.25) is 0 Å². The van der Waals surface area contributed by atoms with E-state index in [1.807, 2.05) is 0 Å². The highest BCUT2D eigenvalue weighted by Gasteiger charge is 2.14. The largest absolute Gasteiger partial charge is 0.496 e. The second-order valence-electron chi connectivity index (χ2n) is 3.72. The van der Waals surface area contributed by atoms with Crippen molar-refractivity contribution < 1.29 is 14.6 Å². The van der Waals surface area contributed by atoms with E-state index in [4.69, 9.17) is 9.84 Å². The Morgan fingerprint density at radius 3 is 2.88 bits per heavy atom. The zero-order valence-electron chi connectivity index (χ0n) is 9.77. The minimum Gasteiger partial charge on any atom is -0.496 e. The third-order valence-electron chi connectivity index (χ3n) is 2.25. The van der Waals surface area contributed by atoms with Crippen LogP contribution >= 0.6 is 11.3 Å². The molecular formula is C11H17NO3S. The molecule has 0 aliphatic carbocycles. The molecule has 0 radical (unpaired) electrons. The molecule has 1 aromatic heterocycles. The standard InChI is InChI=1S/C11H17NO3S/c1-8(13)4-5-12(2)11(14)10-6-9(15-3)7-16-10/h6-8,13H,4-5H2,1-3H3. The molecule has 0 spiro atoms. The van der Waals surface area contributed by atoms with E-state index in [1.165, 1.54) is 11.3 Å². The number of thiophene rings is 1. The normalized spacial score (nSPS) is 12.2. The smallest absolute Gasteiger partial charge is 0.263 e. The molecule has 1 N–H and O–H groups in total. The number of aliphatic hydroxyl groups is 1. The molecule has 0 saturated heterocycles. The van der Waals surface area contributed by atoms with E-state index in [2.05, 4.69) is 0 Å². The van der Waals surface area contributed by atoms with Crippen LogP contribution in [0.3, 0.4) is 0 Å².